The van der Waals surface area contributed by atoms with Crippen LogP contribution in [0.3, 0.4) is 0 Å². The predicted octanol–water partition coefficient (Wildman–Crippen LogP) is 1.70. The third-order valence-corrected chi connectivity index (χ3v) is 2.74. The molecule has 0 aliphatic heterocycles. The maximum atomic E-state index is 4.15. The molecule has 0 bridgehead atoms. The Hall–Kier alpha value is -1.14. The second-order valence-corrected chi connectivity index (χ2v) is 3.39. The van der Waals surface area contributed by atoms with Crippen LogP contribution < -0.4 is 0 Å². The van der Waals surface area contributed by atoms with Gasteiger partial charge in [-0.25, -0.2) is 0 Å². The average Bonchev–Trinajstić information content (AvgIpc) is 2.71. The minimum absolute atomic E-state index is 0.867. The first-order valence-corrected chi connectivity index (χ1v) is 4.75. The van der Waals surface area contributed by atoms with E-state index < -0.39 is 0 Å². The third kappa shape index (κ3) is 0.705. The van der Waals surface area contributed by atoms with E-state index in [2.05, 4.69) is 17.5 Å². The first-order valence-electron chi connectivity index (χ1n) is 3.29. The van der Waals surface area contributed by atoms with Gasteiger partial charge in [0.1, 0.15) is 22.1 Å². The van der Waals surface area contributed by atoms with Gasteiger partial charge in [-0.05, 0) is 12.1 Å². The van der Waals surface area contributed by atoms with Crippen molar-refractivity contribution in [3.8, 4) is 0 Å². The van der Waals surface area contributed by atoms with E-state index in [0.29, 0.717) is 0 Å². The number of fused-ring (bicyclic) bond motifs is 3. The van der Waals surface area contributed by atoms with Gasteiger partial charge in [0.2, 0.25) is 0 Å². The fraction of sp³-hybridized carbons (Fsp3) is 0. The van der Waals surface area contributed by atoms with Crippen molar-refractivity contribution in [3.05, 3.63) is 12.1 Å². The summed E-state index contributed by atoms with van der Waals surface area (Å²) in [6, 6.07) is 3.84. The third-order valence-electron chi connectivity index (χ3n) is 1.65. The van der Waals surface area contributed by atoms with Crippen molar-refractivity contribution in [1.29, 1.82) is 0 Å². The number of hydrogen-bond donors (Lipinski definition) is 0. The predicted molar refractivity (Wildman–Crippen MR) is 48.4 cm³/mol. The van der Waals surface area contributed by atoms with Gasteiger partial charge in [0, 0.05) is 0 Å². The summed E-state index contributed by atoms with van der Waals surface area (Å²) < 4.78 is 16.5. The molecule has 0 fully saturated rings. The maximum Gasteiger partial charge on any atom is 0.133 e. The van der Waals surface area contributed by atoms with Crippen LogP contribution >= 0.6 is 23.5 Å². The van der Waals surface area contributed by atoms with Crippen LogP contribution in [0, 0.1) is 0 Å². The smallest absolute Gasteiger partial charge is 0.133 e. The average molecular weight is 194 g/mol. The standard InChI is InChI=1S/C6H2N4S2/c1-2-4-6(10-12-8-4)5-3(1)7-11-9-5/h1-2H. The van der Waals surface area contributed by atoms with Gasteiger partial charge in [-0.1, -0.05) is 0 Å². The first kappa shape index (κ1) is 6.38. The molecular weight excluding hydrogens is 192 g/mol. The van der Waals surface area contributed by atoms with Gasteiger partial charge in [-0.3, -0.25) is 0 Å². The Morgan fingerprint density at radius 3 is 1.75 bits per heavy atom. The Bertz CT molecular complexity index is 491. The molecule has 4 nitrogen and oxygen atoms in total. The molecule has 0 amide bonds. The molecule has 3 rings (SSSR count). The molecule has 0 aliphatic rings. The molecular formula is C6H2N4S2. The normalized spacial score (nSPS) is 11.3. The van der Waals surface area contributed by atoms with Crippen LogP contribution in [0.1, 0.15) is 0 Å². The van der Waals surface area contributed by atoms with Crippen LogP contribution in [-0.2, 0) is 0 Å². The van der Waals surface area contributed by atoms with Crippen LogP contribution in [0.4, 0.5) is 0 Å². The summed E-state index contributed by atoms with van der Waals surface area (Å²) in [6.07, 6.45) is 0. The monoisotopic (exact) mass is 194 g/mol. The fourth-order valence-electron chi connectivity index (χ4n) is 1.10. The van der Waals surface area contributed by atoms with Crippen molar-refractivity contribution in [2.45, 2.75) is 0 Å². The highest BCUT2D eigenvalue weighted by molar-refractivity contribution is 7.01. The zero-order chi connectivity index (χ0) is 7.97. The van der Waals surface area contributed by atoms with Gasteiger partial charge < -0.3 is 0 Å². The highest BCUT2D eigenvalue weighted by atomic mass is 32.1. The molecule has 6 heteroatoms. The van der Waals surface area contributed by atoms with E-state index in [1.807, 2.05) is 12.1 Å². The Labute approximate surface area is 75.5 Å². The summed E-state index contributed by atoms with van der Waals surface area (Å²) in [5.74, 6) is 0. The molecule has 0 N–H and O–H groups in total. The van der Waals surface area contributed by atoms with Gasteiger partial charge >= 0.3 is 0 Å². The van der Waals surface area contributed by atoms with Gasteiger partial charge in [0.25, 0.3) is 0 Å². The highest BCUT2D eigenvalue weighted by Crippen LogP contribution is 2.21. The lowest BCUT2D eigenvalue weighted by molar-refractivity contribution is 1.62. The molecule has 0 saturated heterocycles. The molecule has 0 radical (unpaired) electrons. The summed E-state index contributed by atoms with van der Waals surface area (Å²) in [6.45, 7) is 0. The van der Waals surface area contributed by atoms with Crippen LogP contribution in [0.5, 0.6) is 0 Å². The van der Waals surface area contributed by atoms with Gasteiger partial charge in [-0.2, -0.15) is 17.5 Å². The van der Waals surface area contributed by atoms with Crippen LogP contribution in [-0.4, -0.2) is 17.5 Å². The van der Waals surface area contributed by atoms with E-state index in [-0.39, 0.29) is 0 Å². The molecule has 2 aromatic heterocycles. The summed E-state index contributed by atoms with van der Waals surface area (Å²) >= 11 is 2.42. The first-order chi connectivity index (χ1) is 5.95. The maximum absolute atomic E-state index is 4.15. The van der Waals surface area contributed by atoms with Gasteiger partial charge in [0.05, 0.1) is 23.5 Å². The summed E-state index contributed by atoms with van der Waals surface area (Å²) in [5.41, 5.74) is 3.54. The molecule has 3 aromatic rings. The Morgan fingerprint density at radius 2 is 1.25 bits per heavy atom. The Morgan fingerprint density at radius 1 is 0.750 bits per heavy atom. The molecule has 58 valence electrons. The molecule has 12 heavy (non-hydrogen) atoms. The minimum atomic E-state index is 0.867. The van der Waals surface area contributed by atoms with E-state index in [1.54, 1.807) is 0 Å². The second kappa shape index (κ2) is 2.18. The zero-order valence-corrected chi connectivity index (χ0v) is 7.39. The van der Waals surface area contributed by atoms with Gasteiger partial charge in [0.15, 0.2) is 0 Å². The summed E-state index contributed by atoms with van der Waals surface area (Å²) in [7, 11) is 0. The Kier molecular flexibility index (Phi) is 1.16. The SMILES string of the molecule is c1cc2nsnc2c2nsnc12. The molecule has 2 heterocycles. The van der Waals surface area contributed by atoms with Gasteiger partial charge in [-0.15, -0.1) is 0 Å². The molecule has 0 aliphatic carbocycles. The van der Waals surface area contributed by atoms with Crippen LogP contribution in [0.25, 0.3) is 22.1 Å². The number of rotatable bonds is 0. The lowest BCUT2D eigenvalue weighted by Gasteiger charge is -1.84. The lowest BCUT2D eigenvalue weighted by atomic mass is 10.3. The molecule has 0 unspecified atom stereocenters. The molecule has 0 atom stereocenters. The van der Waals surface area contributed by atoms with E-state index in [1.165, 1.54) is 23.5 Å². The number of nitrogens with zero attached hydrogens (tertiary/aromatic N) is 4. The number of benzene rings is 1. The Balaban J connectivity index is 2.71. The van der Waals surface area contributed by atoms with E-state index in [9.17, 15) is 0 Å². The van der Waals surface area contributed by atoms with E-state index in [0.717, 1.165) is 22.1 Å². The van der Waals surface area contributed by atoms with Crippen molar-refractivity contribution in [2.75, 3.05) is 0 Å². The van der Waals surface area contributed by atoms with Crippen molar-refractivity contribution in [1.82, 2.24) is 17.5 Å². The second-order valence-electron chi connectivity index (χ2n) is 2.33. The van der Waals surface area contributed by atoms with Crippen LogP contribution in [0.2, 0.25) is 0 Å². The quantitative estimate of drug-likeness (QED) is 0.546. The van der Waals surface area contributed by atoms with E-state index in [4.69, 9.17) is 0 Å². The molecule has 1 aromatic carbocycles. The van der Waals surface area contributed by atoms with Crippen molar-refractivity contribution in [2.24, 2.45) is 0 Å². The fourth-order valence-corrected chi connectivity index (χ4v) is 2.17. The highest BCUT2D eigenvalue weighted by Gasteiger charge is 2.06. The molecule has 0 spiro atoms. The van der Waals surface area contributed by atoms with Crippen molar-refractivity contribution >= 4 is 45.5 Å². The number of hydrogen-bond acceptors (Lipinski definition) is 6. The largest absolute Gasteiger partial charge is 0.173 e. The van der Waals surface area contributed by atoms with Crippen molar-refractivity contribution in [3.63, 3.8) is 0 Å². The van der Waals surface area contributed by atoms with Crippen molar-refractivity contribution < 1.29 is 0 Å². The summed E-state index contributed by atoms with van der Waals surface area (Å²) in [5, 5.41) is 0. The lowest BCUT2D eigenvalue weighted by Crippen LogP contribution is -1.72. The summed E-state index contributed by atoms with van der Waals surface area (Å²) in [4.78, 5) is 0. The minimum Gasteiger partial charge on any atom is -0.173 e. The topological polar surface area (TPSA) is 51.6 Å². The molecule has 0 saturated carbocycles. The zero-order valence-electron chi connectivity index (χ0n) is 5.76. The van der Waals surface area contributed by atoms with E-state index >= 15 is 0 Å². The number of aromatic nitrogens is 4. The van der Waals surface area contributed by atoms with Crippen LogP contribution in [0.15, 0.2) is 12.1 Å².